The van der Waals surface area contributed by atoms with Crippen molar-refractivity contribution in [1.82, 2.24) is 0 Å². The van der Waals surface area contributed by atoms with Crippen LogP contribution in [0.5, 0.6) is 11.5 Å². The molecule has 0 amide bonds. The standard InChI is InChI=1S/2C7H6O6S.2C6H8N2/c2*8-6-2-1-4(14(11,12)13)3-5(6)7(9)10;2*1-5-2-3-6(7)8-4-5/h2*1-3,8H,(H,9,10)(H,11,12,13);2*2-4H,1H3,(H2,7,8). The fraction of sp³-hybridized carbons (Fsp3) is 0.0769. The minimum atomic E-state index is -4.70. The van der Waals surface area contributed by atoms with E-state index < -0.39 is 64.6 Å². The number of nitrogens with two attached hydrogens (primary N) is 2. The third kappa shape index (κ3) is 12.7. The summed E-state index contributed by atoms with van der Waals surface area (Å²) < 4.78 is 62.9. The number of aromatic carboxylic acids is 2. The number of aryl methyl sites for hydroxylation is 2. The van der Waals surface area contributed by atoms with Gasteiger partial charge in [-0.25, -0.2) is 36.4 Å². The number of carboxylic acid groups (broad SMARTS) is 2. The summed E-state index contributed by atoms with van der Waals surface area (Å²) in [7, 11) is -9.40. The number of aromatic hydroxyl groups is 2. The highest BCUT2D eigenvalue weighted by Gasteiger charge is 2.13. The van der Waals surface area contributed by atoms with Gasteiger partial charge in [-0.1, -0.05) is 0 Å². The number of rotatable bonds is 4. The quantitative estimate of drug-likeness (QED) is 0.166. The van der Waals surface area contributed by atoms with Crippen LogP contribution in [0.2, 0.25) is 0 Å². The van der Waals surface area contributed by atoms with Gasteiger partial charge < -0.3 is 29.5 Å². The Morgan fingerprint density at radius 3 is 1.16 bits per heavy atom. The van der Waals surface area contributed by atoms with Crippen LogP contribution >= 0.6 is 0 Å². The zero-order valence-electron chi connectivity index (χ0n) is 23.0. The molecule has 10 N–H and O–H groups in total. The molecule has 0 spiro atoms. The molecule has 0 aliphatic carbocycles. The number of carboxylic acids is 2. The molecule has 0 radical (unpaired) electrons. The maximum atomic E-state index is 10.5. The second-order valence-electron chi connectivity index (χ2n) is 8.52. The molecule has 2 aromatic heterocycles. The second-order valence-corrected chi connectivity index (χ2v) is 11.3. The number of nitrogen functional groups attached to an aromatic ring is 2. The van der Waals surface area contributed by atoms with E-state index in [-0.39, 0.29) is 0 Å². The Bertz CT molecular complexity index is 1640. The molecule has 18 heteroatoms. The van der Waals surface area contributed by atoms with Crippen LogP contribution < -0.4 is 21.4 Å². The number of pyridine rings is 2. The summed E-state index contributed by atoms with van der Waals surface area (Å²) in [6, 6.07) is 12.2. The van der Waals surface area contributed by atoms with E-state index in [4.69, 9.17) is 31.9 Å². The lowest BCUT2D eigenvalue weighted by Crippen LogP contribution is -2.08. The topological polar surface area (TPSA) is 310 Å². The molecule has 0 saturated heterocycles. The largest absolute Gasteiger partial charge is 0.744 e. The highest BCUT2D eigenvalue weighted by Crippen LogP contribution is 2.21. The third-order valence-electron chi connectivity index (χ3n) is 4.96. The van der Waals surface area contributed by atoms with Gasteiger partial charge in [0.05, 0.1) is 22.2 Å². The molecule has 44 heavy (non-hydrogen) atoms. The Balaban J connectivity index is 0.000000303. The number of phenols is 2. The van der Waals surface area contributed by atoms with Crippen molar-refractivity contribution in [3.8, 4) is 11.5 Å². The number of anilines is 2. The molecule has 4 rings (SSSR count). The Hall–Kier alpha value is -5.30. The number of aromatic amines is 2. The van der Waals surface area contributed by atoms with Gasteiger partial charge in [-0.2, -0.15) is 0 Å². The van der Waals surface area contributed by atoms with Gasteiger partial charge in [0.2, 0.25) is 0 Å². The number of carbonyl (C=O) groups is 2. The van der Waals surface area contributed by atoms with E-state index in [0.717, 1.165) is 24.3 Å². The molecule has 0 fully saturated rings. The number of aromatic nitrogens is 2. The van der Waals surface area contributed by atoms with Crippen LogP contribution in [-0.4, -0.2) is 58.3 Å². The van der Waals surface area contributed by atoms with E-state index in [1.54, 1.807) is 0 Å². The van der Waals surface area contributed by atoms with Crippen LogP contribution in [0.15, 0.2) is 82.8 Å². The summed E-state index contributed by atoms with van der Waals surface area (Å²) in [5.41, 5.74) is 11.9. The number of H-pyrrole nitrogens is 2. The lowest BCUT2D eigenvalue weighted by molar-refractivity contribution is -0.361. The van der Waals surface area contributed by atoms with Gasteiger partial charge in [-0.05, 0) is 73.5 Å². The van der Waals surface area contributed by atoms with Crippen LogP contribution in [0.25, 0.3) is 0 Å². The highest BCUT2D eigenvalue weighted by molar-refractivity contribution is 7.86. The Morgan fingerprint density at radius 1 is 0.636 bits per heavy atom. The molecule has 2 aromatic carbocycles. The van der Waals surface area contributed by atoms with Gasteiger partial charge in [0.1, 0.15) is 42.9 Å². The molecule has 4 aromatic rings. The smallest absolute Gasteiger partial charge is 0.339 e. The van der Waals surface area contributed by atoms with E-state index in [1.165, 1.54) is 11.1 Å². The fourth-order valence-electron chi connectivity index (χ4n) is 2.71. The van der Waals surface area contributed by atoms with E-state index in [0.29, 0.717) is 23.8 Å². The van der Waals surface area contributed by atoms with E-state index in [9.17, 15) is 35.5 Å². The lowest BCUT2D eigenvalue weighted by atomic mass is 10.2. The molecule has 0 aliphatic heterocycles. The fourth-order valence-corrected chi connectivity index (χ4v) is 3.71. The normalized spacial score (nSPS) is 10.5. The molecule has 0 saturated carbocycles. The summed E-state index contributed by atoms with van der Waals surface area (Å²) in [5.74, 6) is -2.79. The molecule has 0 aliphatic rings. The summed E-state index contributed by atoms with van der Waals surface area (Å²) in [4.78, 5) is 25.3. The Kier molecular flexibility index (Phi) is 13.2. The monoisotopic (exact) mass is 652 g/mol. The Morgan fingerprint density at radius 2 is 0.955 bits per heavy atom. The van der Waals surface area contributed by atoms with Crippen LogP contribution in [0.1, 0.15) is 31.8 Å². The molecule has 0 unspecified atom stereocenters. The van der Waals surface area contributed by atoms with Crippen LogP contribution in [-0.2, 0) is 20.2 Å². The first-order chi connectivity index (χ1) is 20.2. The third-order valence-corrected chi connectivity index (χ3v) is 6.62. The van der Waals surface area contributed by atoms with Crippen molar-refractivity contribution >= 4 is 43.8 Å². The SMILES string of the molecule is Cc1ccc(N)[nH+]c1.Cc1ccc(N)[nH+]c1.O=C(O)c1cc(S(=O)(=O)[O-])ccc1O.O=C(O)c1cc(S(=O)(=O)[O-])ccc1O. The summed E-state index contributed by atoms with van der Waals surface area (Å²) in [6.07, 6.45) is 3.74. The summed E-state index contributed by atoms with van der Waals surface area (Å²) in [5, 5.41) is 35.0. The zero-order valence-corrected chi connectivity index (χ0v) is 24.6. The van der Waals surface area contributed by atoms with Gasteiger partial charge in [0.25, 0.3) is 11.6 Å². The van der Waals surface area contributed by atoms with Crippen molar-refractivity contribution in [2.45, 2.75) is 23.6 Å². The van der Waals surface area contributed by atoms with Crippen molar-refractivity contribution < 1.29 is 65.9 Å². The Labute approximate surface area is 251 Å². The summed E-state index contributed by atoms with van der Waals surface area (Å²) >= 11 is 0. The van der Waals surface area contributed by atoms with Gasteiger partial charge in [-0.15, -0.1) is 0 Å². The van der Waals surface area contributed by atoms with Crippen molar-refractivity contribution in [2.75, 3.05) is 11.5 Å². The first kappa shape index (κ1) is 36.7. The highest BCUT2D eigenvalue weighted by atomic mass is 32.2. The van der Waals surface area contributed by atoms with E-state index >= 15 is 0 Å². The first-order valence-corrected chi connectivity index (χ1v) is 14.6. The van der Waals surface area contributed by atoms with Gasteiger partial charge in [0.15, 0.2) is 0 Å². The zero-order chi connectivity index (χ0) is 33.8. The van der Waals surface area contributed by atoms with Crippen LogP contribution in [0, 0.1) is 13.8 Å². The van der Waals surface area contributed by atoms with Gasteiger partial charge >= 0.3 is 11.9 Å². The maximum absolute atomic E-state index is 10.5. The minimum Gasteiger partial charge on any atom is -0.744 e. The van der Waals surface area contributed by atoms with Crippen molar-refractivity contribution in [1.29, 1.82) is 0 Å². The molecular formula is C26H28N4O12S2. The number of nitrogens with one attached hydrogen (secondary N) is 2. The number of benzene rings is 2. The molecule has 0 bridgehead atoms. The predicted octanol–water partition coefficient (Wildman–Crippen LogP) is 0.772. The maximum Gasteiger partial charge on any atom is 0.339 e. The molecular weight excluding hydrogens is 624 g/mol. The minimum absolute atomic E-state index is 0.593. The van der Waals surface area contributed by atoms with Crippen molar-refractivity contribution in [3.05, 3.63) is 95.3 Å². The first-order valence-electron chi connectivity index (χ1n) is 11.7. The molecule has 0 atom stereocenters. The van der Waals surface area contributed by atoms with Gasteiger partial charge in [-0.3, -0.25) is 11.5 Å². The van der Waals surface area contributed by atoms with Gasteiger partial charge in [0, 0.05) is 12.1 Å². The molecule has 16 nitrogen and oxygen atoms in total. The predicted molar refractivity (Wildman–Crippen MR) is 150 cm³/mol. The summed E-state index contributed by atoms with van der Waals surface area (Å²) in [6.45, 7) is 4.02. The van der Waals surface area contributed by atoms with Crippen LogP contribution in [0.3, 0.4) is 0 Å². The average molecular weight is 653 g/mol. The second kappa shape index (κ2) is 15.8. The van der Waals surface area contributed by atoms with Crippen LogP contribution in [0.4, 0.5) is 11.6 Å². The molecule has 236 valence electrons. The lowest BCUT2D eigenvalue weighted by Gasteiger charge is -2.08. The number of hydrogen-bond donors (Lipinski definition) is 6. The number of hydrogen-bond acceptors (Lipinski definition) is 12. The van der Waals surface area contributed by atoms with Crippen molar-refractivity contribution in [2.24, 2.45) is 0 Å². The average Bonchev–Trinajstić information content (AvgIpc) is 2.92. The van der Waals surface area contributed by atoms with E-state index in [2.05, 4.69) is 9.97 Å². The van der Waals surface area contributed by atoms with E-state index in [1.807, 2.05) is 50.5 Å². The van der Waals surface area contributed by atoms with Crippen molar-refractivity contribution in [3.63, 3.8) is 0 Å². The molecule has 2 heterocycles.